The zero-order valence-electron chi connectivity index (χ0n) is 8.76. The van der Waals surface area contributed by atoms with E-state index in [0.29, 0.717) is 0 Å². The number of morpholine rings is 1. The summed E-state index contributed by atoms with van der Waals surface area (Å²) in [6.07, 6.45) is 5.33. The van der Waals surface area contributed by atoms with Gasteiger partial charge in [0.1, 0.15) is 0 Å². The molecule has 1 saturated heterocycles. The van der Waals surface area contributed by atoms with Crippen LogP contribution in [0.5, 0.6) is 0 Å². The number of nitrogens with zero attached hydrogens (tertiary/aromatic N) is 4. The van der Waals surface area contributed by atoms with Crippen molar-refractivity contribution < 1.29 is 4.74 Å². The number of hydrazone groups is 1. The Balaban J connectivity index is 1.82. The largest absolute Gasteiger partial charge is 0.379 e. The number of nitrogens with one attached hydrogen (secondary N) is 1. The summed E-state index contributed by atoms with van der Waals surface area (Å²) in [4.78, 5) is 4.13. The SMILES string of the molecule is Cn1ccnc1C=NNN1CCOCC1. The Labute approximate surface area is 88.5 Å². The van der Waals surface area contributed by atoms with E-state index in [-0.39, 0.29) is 0 Å². The van der Waals surface area contributed by atoms with Crippen LogP contribution in [0.4, 0.5) is 0 Å². The molecule has 2 heterocycles. The van der Waals surface area contributed by atoms with Crippen molar-refractivity contribution in [1.82, 2.24) is 20.1 Å². The Hall–Kier alpha value is -1.40. The zero-order valence-corrected chi connectivity index (χ0v) is 8.76. The lowest BCUT2D eigenvalue weighted by atomic mass is 10.5. The molecule has 0 atom stereocenters. The maximum Gasteiger partial charge on any atom is 0.152 e. The lowest BCUT2D eigenvalue weighted by Gasteiger charge is -2.25. The van der Waals surface area contributed by atoms with Crippen LogP contribution in [0.1, 0.15) is 5.82 Å². The number of aryl methyl sites for hydroxylation is 1. The van der Waals surface area contributed by atoms with Gasteiger partial charge < -0.3 is 9.30 Å². The molecule has 0 unspecified atom stereocenters. The minimum atomic E-state index is 0.755. The highest BCUT2D eigenvalue weighted by atomic mass is 16.5. The smallest absolute Gasteiger partial charge is 0.152 e. The summed E-state index contributed by atoms with van der Waals surface area (Å²) in [7, 11) is 1.93. The summed E-state index contributed by atoms with van der Waals surface area (Å²) in [5.74, 6) is 0.829. The Morgan fingerprint density at radius 1 is 1.53 bits per heavy atom. The molecule has 1 aliphatic heterocycles. The fraction of sp³-hybridized carbons (Fsp3) is 0.556. The molecule has 0 spiro atoms. The standard InChI is InChI=1S/C9H15N5O/c1-13-3-2-10-9(13)8-11-12-14-4-6-15-7-5-14/h2-3,8,12H,4-7H2,1H3. The van der Waals surface area contributed by atoms with E-state index in [0.717, 1.165) is 32.1 Å². The highest BCUT2D eigenvalue weighted by Crippen LogP contribution is 1.92. The van der Waals surface area contributed by atoms with Crippen LogP contribution in [0.2, 0.25) is 0 Å². The first-order chi connectivity index (χ1) is 7.36. The van der Waals surface area contributed by atoms with Gasteiger partial charge in [-0.2, -0.15) is 5.10 Å². The number of hydrogen-bond donors (Lipinski definition) is 1. The molecule has 0 aromatic carbocycles. The van der Waals surface area contributed by atoms with Crippen molar-refractivity contribution in [2.24, 2.45) is 12.1 Å². The van der Waals surface area contributed by atoms with Gasteiger partial charge in [0, 0.05) is 32.5 Å². The molecule has 1 aromatic heterocycles. The zero-order chi connectivity index (χ0) is 10.5. The molecule has 6 heteroatoms. The monoisotopic (exact) mass is 209 g/mol. The molecule has 1 N–H and O–H groups in total. The third-order valence-corrected chi connectivity index (χ3v) is 2.25. The topological polar surface area (TPSA) is 54.7 Å². The van der Waals surface area contributed by atoms with Crippen molar-refractivity contribution in [2.75, 3.05) is 26.3 Å². The Bertz CT molecular complexity index is 329. The van der Waals surface area contributed by atoms with Crippen LogP contribution in [-0.4, -0.2) is 47.1 Å². The van der Waals surface area contributed by atoms with Gasteiger partial charge in [-0.05, 0) is 0 Å². The van der Waals surface area contributed by atoms with E-state index in [9.17, 15) is 0 Å². The molecular formula is C9H15N5O. The van der Waals surface area contributed by atoms with Crippen LogP contribution < -0.4 is 5.53 Å². The molecule has 0 radical (unpaired) electrons. The second kappa shape index (κ2) is 4.90. The lowest BCUT2D eigenvalue weighted by Crippen LogP contribution is -2.43. The molecule has 2 rings (SSSR count). The van der Waals surface area contributed by atoms with Crippen LogP contribution in [0.25, 0.3) is 0 Å². The highest BCUT2D eigenvalue weighted by Gasteiger charge is 2.07. The third-order valence-electron chi connectivity index (χ3n) is 2.25. The number of hydrazine groups is 1. The van der Waals surface area contributed by atoms with E-state index in [1.165, 1.54) is 0 Å². The van der Waals surface area contributed by atoms with Crippen LogP contribution in [0.3, 0.4) is 0 Å². The molecule has 0 saturated carbocycles. The van der Waals surface area contributed by atoms with E-state index in [4.69, 9.17) is 4.74 Å². The van der Waals surface area contributed by atoms with Gasteiger partial charge in [-0.3, -0.25) is 0 Å². The van der Waals surface area contributed by atoms with Gasteiger partial charge in [0.2, 0.25) is 0 Å². The van der Waals surface area contributed by atoms with Crippen molar-refractivity contribution in [3.05, 3.63) is 18.2 Å². The van der Waals surface area contributed by atoms with Gasteiger partial charge in [0.05, 0.1) is 19.4 Å². The first-order valence-corrected chi connectivity index (χ1v) is 4.95. The van der Waals surface area contributed by atoms with Crippen LogP contribution in [0.15, 0.2) is 17.5 Å². The van der Waals surface area contributed by atoms with E-state index in [2.05, 4.69) is 15.6 Å². The minimum absolute atomic E-state index is 0.755. The summed E-state index contributed by atoms with van der Waals surface area (Å²) < 4.78 is 7.13. The third kappa shape index (κ3) is 2.77. The maximum atomic E-state index is 5.22. The van der Waals surface area contributed by atoms with Crippen molar-refractivity contribution in [1.29, 1.82) is 0 Å². The average molecular weight is 209 g/mol. The number of aromatic nitrogens is 2. The molecule has 0 amide bonds. The van der Waals surface area contributed by atoms with Gasteiger partial charge in [-0.15, -0.1) is 0 Å². The molecule has 6 nitrogen and oxygen atoms in total. The molecular weight excluding hydrogens is 194 g/mol. The normalized spacial score (nSPS) is 18.5. The molecule has 1 aliphatic rings. The quantitative estimate of drug-likeness (QED) is 0.543. The van der Waals surface area contributed by atoms with Gasteiger partial charge in [-0.25, -0.2) is 15.5 Å². The number of rotatable bonds is 3. The maximum absolute atomic E-state index is 5.22. The predicted molar refractivity (Wildman–Crippen MR) is 56.3 cm³/mol. The molecule has 0 bridgehead atoms. The van der Waals surface area contributed by atoms with Crippen LogP contribution in [-0.2, 0) is 11.8 Å². The van der Waals surface area contributed by atoms with Gasteiger partial charge in [-0.1, -0.05) is 0 Å². The first-order valence-electron chi connectivity index (χ1n) is 4.95. The summed E-state index contributed by atoms with van der Waals surface area (Å²) in [6.45, 7) is 3.23. The second-order valence-electron chi connectivity index (χ2n) is 3.35. The Morgan fingerprint density at radius 3 is 3.00 bits per heavy atom. The van der Waals surface area contributed by atoms with Crippen molar-refractivity contribution in [3.8, 4) is 0 Å². The van der Waals surface area contributed by atoms with Crippen molar-refractivity contribution in [2.45, 2.75) is 0 Å². The summed E-state index contributed by atoms with van der Waals surface area (Å²) in [5, 5.41) is 6.13. The van der Waals surface area contributed by atoms with E-state index < -0.39 is 0 Å². The van der Waals surface area contributed by atoms with Crippen LogP contribution in [0, 0.1) is 0 Å². The predicted octanol–water partition coefficient (Wildman–Crippen LogP) is -0.409. The number of ether oxygens (including phenoxy) is 1. The molecule has 82 valence electrons. The van der Waals surface area contributed by atoms with E-state index >= 15 is 0 Å². The Morgan fingerprint density at radius 2 is 2.33 bits per heavy atom. The molecule has 1 aromatic rings. The average Bonchev–Trinajstić information content (AvgIpc) is 2.66. The van der Waals surface area contributed by atoms with E-state index in [1.807, 2.05) is 22.8 Å². The number of hydrogen-bond acceptors (Lipinski definition) is 5. The van der Waals surface area contributed by atoms with Gasteiger partial charge in [0.15, 0.2) is 5.82 Å². The minimum Gasteiger partial charge on any atom is -0.379 e. The Kier molecular flexibility index (Phi) is 3.31. The number of imidazole rings is 1. The van der Waals surface area contributed by atoms with Gasteiger partial charge >= 0.3 is 0 Å². The van der Waals surface area contributed by atoms with Crippen molar-refractivity contribution >= 4 is 6.21 Å². The van der Waals surface area contributed by atoms with E-state index in [1.54, 1.807) is 12.4 Å². The van der Waals surface area contributed by atoms with Crippen LogP contribution >= 0.6 is 0 Å². The molecule has 15 heavy (non-hydrogen) atoms. The fourth-order valence-electron chi connectivity index (χ4n) is 1.33. The highest BCUT2D eigenvalue weighted by molar-refractivity contribution is 5.74. The first kappa shape index (κ1) is 10.1. The molecule has 0 aliphatic carbocycles. The second-order valence-corrected chi connectivity index (χ2v) is 3.35. The lowest BCUT2D eigenvalue weighted by molar-refractivity contribution is 0.0127. The summed E-state index contributed by atoms with van der Waals surface area (Å²) in [5.41, 5.74) is 2.96. The summed E-state index contributed by atoms with van der Waals surface area (Å²) in [6, 6.07) is 0. The summed E-state index contributed by atoms with van der Waals surface area (Å²) >= 11 is 0. The molecule has 1 fully saturated rings. The van der Waals surface area contributed by atoms with Crippen molar-refractivity contribution in [3.63, 3.8) is 0 Å². The fourth-order valence-corrected chi connectivity index (χ4v) is 1.33. The van der Waals surface area contributed by atoms with Gasteiger partial charge in [0.25, 0.3) is 0 Å².